The molecule has 0 fully saturated rings. The number of hydrogen-bond acceptors (Lipinski definition) is 3. The molecule has 0 aromatic heterocycles. The Kier molecular flexibility index (Phi) is 8.52. The fourth-order valence-electron chi connectivity index (χ4n) is 3.12. The number of amides is 2. The lowest BCUT2D eigenvalue weighted by Crippen LogP contribution is -2.50. The molecule has 6 heteroatoms. The lowest BCUT2D eigenvalue weighted by Gasteiger charge is -2.31. The Labute approximate surface area is 178 Å². The quantitative estimate of drug-likeness (QED) is 0.663. The lowest BCUT2D eigenvalue weighted by atomic mass is 10.1. The SMILES string of the molecule is CCNC(=O)[C@H](CC)N(Cc1ccccc1C)C(=O)COc1ccc(Cl)c(C)c1. The van der Waals surface area contributed by atoms with Crippen LogP contribution in [0.1, 0.15) is 37.0 Å². The Morgan fingerprint density at radius 3 is 2.45 bits per heavy atom. The van der Waals surface area contributed by atoms with Crippen molar-refractivity contribution in [3.05, 3.63) is 64.2 Å². The van der Waals surface area contributed by atoms with E-state index in [1.807, 2.05) is 52.0 Å². The Morgan fingerprint density at radius 1 is 1.10 bits per heavy atom. The molecule has 0 saturated carbocycles. The highest BCUT2D eigenvalue weighted by atomic mass is 35.5. The summed E-state index contributed by atoms with van der Waals surface area (Å²) in [6, 6.07) is 12.6. The predicted octanol–water partition coefficient (Wildman–Crippen LogP) is 4.28. The minimum absolute atomic E-state index is 0.150. The Morgan fingerprint density at radius 2 is 1.83 bits per heavy atom. The van der Waals surface area contributed by atoms with Crippen molar-refractivity contribution >= 4 is 23.4 Å². The molecule has 2 aromatic rings. The van der Waals surface area contributed by atoms with E-state index in [4.69, 9.17) is 16.3 Å². The van der Waals surface area contributed by atoms with Crippen molar-refractivity contribution in [1.82, 2.24) is 10.2 Å². The molecule has 0 saturated heterocycles. The van der Waals surface area contributed by atoms with Crippen LogP contribution in [0.2, 0.25) is 5.02 Å². The summed E-state index contributed by atoms with van der Waals surface area (Å²) >= 11 is 6.05. The van der Waals surface area contributed by atoms with E-state index in [1.54, 1.807) is 23.1 Å². The van der Waals surface area contributed by atoms with Crippen LogP contribution in [0.5, 0.6) is 5.75 Å². The molecule has 2 aromatic carbocycles. The van der Waals surface area contributed by atoms with Gasteiger partial charge in [0.1, 0.15) is 11.8 Å². The van der Waals surface area contributed by atoms with Crippen molar-refractivity contribution in [3.8, 4) is 5.75 Å². The van der Waals surface area contributed by atoms with Gasteiger partial charge in [-0.3, -0.25) is 9.59 Å². The van der Waals surface area contributed by atoms with Crippen LogP contribution in [0.15, 0.2) is 42.5 Å². The molecule has 0 radical (unpaired) electrons. The van der Waals surface area contributed by atoms with Crippen LogP contribution in [0.3, 0.4) is 0 Å². The highest BCUT2D eigenvalue weighted by Gasteiger charge is 2.29. The first-order valence-corrected chi connectivity index (χ1v) is 10.3. The molecule has 156 valence electrons. The van der Waals surface area contributed by atoms with Gasteiger partial charge in [-0.25, -0.2) is 0 Å². The highest BCUT2D eigenvalue weighted by Crippen LogP contribution is 2.21. The second kappa shape index (κ2) is 10.9. The second-order valence-electron chi connectivity index (χ2n) is 6.97. The van der Waals surface area contributed by atoms with Gasteiger partial charge < -0.3 is 15.0 Å². The van der Waals surface area contributed by atoms with Crippen molar-refractivity contribution in [3.63, 3.8) is 0 Å². The first-order valence-electron chi connectivity index (χ1n) is 9.88. The summed E-state index contributed by atoms with van der Waals surface area (Å²) in [5, 5.41) is 3.48. The number of benzene rings is 2. The summed E-state index contributed by atoms with van der Waals surface area (Å²) in [7, 11) is 0. The molecule has 0 spiro atoms. The predicted molar refractivity (Wildman–Crippen MR) is 116 cm³/mol. The lowest BCUT2D eigenvalue weighted by molar-refractivity contribution is -0.142. The summed E-state index contributed by atoms with van der Waals surface area (Å²) in [6.07, 6.45) is 0.517. The third kappa shape index (κ3) is 6.23. The van der Waals surface area contributed by atoms with E-state index in [9.17, 15) is 9.59 Å². The summed E-state index contributed by atoms with van der Waals surface area (Å²) in [5.74, 6) is 0.181. The van der Waals surface area contributed by atoms with Crippen molar-refractivity contribution in [2.75, 3.05) is 13.2 Å². The number of nitrogens with zero attached hydrogens (tertiary/aromatic N) is 1. The summed E-state index contributed by atoms with van der Waals surface area (Å²) in [6.45, 7) is 8.36. The van der Waals surface area contributed by atoms with Gasteiger partial charge in [0.15, 0.2) is 6.61 Å². The van der Waals surface area contributed by atoms with Crippen LogP contribution in [-0.4, -0.2) is 35.9 Å². The summed E-state index contributed by atoms with van der Waals surface area (Å²) in [4.78, 5) is 27.3. The molecule has 0 unspecified atom stereocenters. The number of carbonyl (C=O) groups excluding carboxylic acids is 2. The van der Waals surface area contributed by atoms with E-state index in [1.165, 1.54) is 0 Å². The first-order chi connectivity index (χ1) is 13.9. The van der Waals surface area contributed by atoms with Gasteiger partial charge in [0.25, 0.3) is 5.91 Å². The molecule has 1 atom stereocenters. The van der Waals surface area contributed by atoms with E-state index >= 15 is 0 Å². The third-order valence-electron chi connectivity index (χ3n) is 4.83. The van der Waals surface area contributed by atoms with Crippen LogP contribution >= 0.6 is 11.6 Å². The zero-order valence-corrected chi connectivity index (χ0v) is 18.3. The maximum absolute atomic E-state index is 13.1. The number of aryl methyl sites for hydroxylation is 2. The topological polar surface area (TPSA) is 58.6 Å². The molecule has 0 aliphatic carbocycles. The zero-order valence-electron chi connectivity index (χ0n) is 17.5. The number of halogens is 1. The number of carbonyl (C=O) groups is 2. The molecule has 0 heterocycles. The maximum Gasteiger partial charge on any atom is 0.261 e. The summed E-state index contributed by atoms with van der Waals surface area (Å²) in [5.41, 5.74) is 2.96. The monoisotopic (exact) mass is 416 g/mol. The number of rotatable bonds is 9. The van der Waals surface area contributed by atoms with Crippen molar-refractivity contribution < 1.29 is 14.3 Å². The van der Waals surface area contributed by atoms with E-state index in [0.717, 1.165) is 16.7 Å². The minimum atomic E-state index is -0.558. The first kappa shape index (κ1) is 22.8. The van der Waals surface area contributed by atoms with Crippen LogP contribution < -0.4 is 10.1 Å². The average molecular weight is 417 g/mol. The fraction of sp³-hybridized carbons (Fsp3) is 0.391. The largest absolute Gasteiger partial charge is 0.484 e. The van der Waals surface area contributed by atoms with E-state index < -0.39 is 6.04 Å². The standard InChI is InChI=1S/C23H29ClN2O3/c1-5-21(23(28)25-6-2)26(14-18-10-8-7-9-16(18)3)22(27)15-29-19-11-12-20(24)17(4)13-19/h7-13,21H,5-6,14-15H2,1-4H3,(H,25,28)/t21-/m0/s1. The number of nitrogens with one attached hydrogen (secondary N) is 1. The van der Waals surface area contributed by atoms with E-state index in [0.29, 0.717) is 30.3 Å². The molecule has 2 amide bonds. The molecule has 0 aliphatic heterocycles. The number of likely N-dealkylation sites (N-methyl/N-ethyl adjacent to an activating group) is 1. The average Bonchev–Trinajstić information content (AvgIpc) is 2.70. The zero-order chi connectivity index (χ0) is 21.4. The molecule has 0 aliphatic rings. The van der Waals surface area contributed by atoms with E-state index in [-0.39, 0.29) is 18.4 Å². The van der Waals surface area contributed by atoms with Gasteiger partial charge >= 0.3 is 0 Å². The number of hydrogen-bond donors (Lipinski definition) is 1. The molecule has 0 bridgehead atoms. The summed E-state index contributed by atoms with van der Waals surface area (Å²) < 4.78 is 5.71. The smallest absolute Gasteiger partial charge is 0.261 e. The molecule has 2 rings (SSSR count). The Balaban J connectivity index is 2.22. The minimum Gasteiger partial charge on any atom is -0.484 e. The van der Waals surface area contributed by atoms with Crippen LogP contribution in [0.25, 0.3) is 0 Å². The highest BCUT2D eigenvalue weighted by molar-refractivity contribution is 6.31. The Hall–Kier alpha value is -2.53. The fourth-order valence-corrected chi connectivity index (χ4v) is 3.24. The number of ether oxygens (including phenoxy) is 1. The van der Waals surface area contributed by atoms with Gasteiger partial charge in [-0.05, 0) is 62.1 Å². The van der Waals surface area contributed by atoms with Crippen molar-refractivity contribution in [1.29, 1.82) is 0 Å². The molecular formula is C23H29ClN2O3. The van der Waals surface area contributed by atoms with Crippen LogP contribution in [0.4, 0.5) is 0 Å². The van der Waals surface area contributed by atoms with Gasteiger partial charge in [-0.1, -0.05) is 42.8 Å². The maximum atomic E-state index is 13.1. The molecular weight excluding hydrogens is 388 g/mol. The van der Waals surface area contributed by atoms with Gasteiger partial charge in [0, 0.05) is 18.1 Å². The Bertz CT molecular complexity index is 854. The van der Waals surface area contributed by atoms with Crippen molar-refractivity contribution in [2.45, 2.75) is 46.7 Å². The molecule has 5 nitrogen and oxygen atoms in total. The van der Waals surface area contributed by atoms with Gasteiger partial charge in [0.2, 0.25) is 5.91 Å². The normalized spacial score (nSPS) is 11.6. The van der Waals surface area contributed by atoms with Gasteiger partial charge in [0.05, 0.1) is 0 Å². The van der Waals surface area contributed by atoms with Crippen LogP contribution in [0, 0.1) is 13.8 Å². The van der Waals surface area contributed by atoms with Gasteiger partial charge in [-0.15, -0.1) is 0 Å². The van der Waals surface area contributed by atoms with Crippen molar-refractivity contribution in [2.24, 2.45) is 0 Å². The third-order valence-corrected chi connectivity index (χ3v) is 5.25. The second-order valence-corrected chi connectivity index (χ2v) is 7.37. The molecule has 29 heavy (non-hydrogen) atoms. The molecule has 1 N–H and O–H groups in total. The van der Waals surface area contributed by atoms with Gasteiger partial charge in [-0.2, -0.15) is 0 Å². The van der Waals surface area contributed by atoms with E-state index in [2.05, 4.69) is 5.32 Å². The van der Waals surface area contributed by atoms with Crippen LogP contribution in [-0.2, 0) is 16.1 Å².